The number of nitrogens with zero attached hydrogens (tertiary/aromatic N) is 2. The molecular formula is C11H15N3O4S. The molecule has 0 saturated carbocycles. The monoisotopic (exact) mass is 285 g/mol. The Labute approximate surface area is 114 Å². The van der Waals surface area contributed by atoms with Crippen molar-refractivity contribution in [2.45, 2.75) is 19.5 Å². The molecule has 2 amide bonds. The molecule has 104 valence electrons. The molecular weight excluding hydrogens is 270 g/mol. The molecule has 1 unspecified atom stereocenters. The van der Waals surface area contributed by atoms with Gasteiger partial charge in [0.2, 0.25) is 0 Å². The molecule has 0 spiro atoms. The molecule has 0 aromatic carbocycles. The van der Waals surface area contributed by atoms with E-state index in [-0.39, 0.29) is 13.2 Å². The van der Waals surface area contributed by atoms with Crippen LogP contribution in [-0.4, -0.2) is 52.8 Å². The molecule has 1 aliphatic rings. The number of aryl methyl sites for hydroxylation is 1. The number of nitrogens with one attached hydrogen (secondary N) is 1. The highest BCUT2D eigenvalue weighted by atomic mass is 32.1. The van der Waals surface area contributed by atoms with E-state index >= 15 is 0 Å². The van der Waals surface area contributed by atoms with Crippen molar-refractivity contribution in [2.75, 3.05) is 19.8 Å². The van der Waals surface area contributed by atoms with E-state index in [1.807, 2.05) is 6.92 Å². The first-order valence-electron chi connectivity index (χ1n) is 5.84. The summed E-state index contributed by atoms with van der Waals surface area (Å²) in [6.07, 6.45) is 1.74. The van der Waals surface area contributed by atoms with Crippen LogP contribution in [0.2, 0.25) is 0 Å². The summed E-state index contributed by atoms with van der Waals surface area (Å²) >= 11 is 1.50. The molecule has 8 heteroatoms. The van der Waals surface area contributed by atoms with E-state index < -0.39 is 18.0 Å². The van der Waals surface area contributed by atoms with E-state index in [1.54, 1.807) is 6.20 Å². The van der Waals surface area contributed by atoms with E-state index in [2.05, 4.69) is 10.3 Å². The minimum atomic E-state index is -1.06. The number of thiazole rings is 1. The van der Waals surface area contributed by atoms with Crippen molar-refractivity contribution in [2.24, 2.45) is 0 Å². The van der Waals surface area contributed by atoms with E-state index in [9.17, 15) is 9.59 Å². The van der Waals surface area contributed by atoms with Gasteiger partial charge in [0.15, 0.2) is 6.04 Å². The fraction of sp³-hybridized carbons (Fsp3) is 0.545. The maximum absolute atomic E-state index is 12.0. The zero-order valence-electron chi connectivity index (χ0n) is 10.5. The molecule has 0 radical (unpaired) electrons. The van der Waals surface area contributed by atoms with Crippen LogP contribution in [0.25, 0.3) is 0 Å². The second-order valence-corrected chi connectivity index (χ2v) is 5.47. The Balaban J connectivity index is 1.92. The number of ether oxygens (including phenoxy) is 1. The number of carbonyl (C=O) groups excluding carboxylic acids is 1. The first-order chi connectivity index (χ1) is 9.08. The molecule has 1 fully saturated rings. The Bertz CT molecular complexity index is 476. The fourth-order valence-corrected chi connectivity index (χ4v) is 2.51. The topological polar surface area (TPSA) is 91.8 Å². The lowest BCUT2D eigenvalue weighted by atomic mass is 10.2. The molecule has 2 N–H and O–H groups in total. The summed E-state index contributed by atoms with van der Waals surface area (Å²) in [6, 6.07) is -1.32. The van der Waals surface area contributed by atoms with Gasteiger partial charge in [-0.25, -0.2) is 14.6 Å². The molecule has 1 atom stereocenters. The van der Waals surface area contributed by atoms with Crippen LogP contribution in [0.4, 0.5) is 4.79 Å². The number of aliphatic carboxylic acids is 1. The summed E-state index contributed by atoms with van der Waals surface area (Å²) in [5.74, 6) is -1.06. The number of carboxylic acid groups (broad SMARTS) is 1. The molecule has 1 aromatic rings. The van der Waals surface area contributed by atoms with E-state index in [0.29, 0.717) is 13.2 Å². The van der Waals surface area contributed by atoms with Gasteiger partial charge in [0.05, 0.1) is 19.8 Å². The summed E-state index contributed by atoms with van der Waals surface area (Å²) in [5, 5.41) is 12.5. The zero-order valence-corrected chi connectivity index (χ0v) is 11.3. The molecule has 0 bridgehead atoms. The SMILES string of the molecule is Cc1cnc(CNC(=O)N2CCOCC2C(=O)O)s1. The second-order valence-electron chi connectivity index (χ2n) is 4.15. The summed E-state index contributed by atoms with van der Waals surface area (Å²) < 4.78 is 5.08. The Morgan fingerprint density at radius 2 is 2.47 bits per heavy atom. The number of carbonyl (C=O) groups is 2. The van der Waals surface area contributed by atoms with Crippen LogP contribution in [-0.2, 0) is 16.1 Å². The van der Waals surface area contributed by atoms with E-state index in [1.165, 1.54) is 16.2 Å². The van der Waals surface area contributed by atoms with Crippen molar-refractivity contribution in [1.29, 1.82) is 0 Å². The third-order valence-corrected chi connectivity index (χ3v) is 3.65. The smallest absolute Gasteiger partial charge is 0.328 e. The number of hydrogen-bond donors (Lipinski definition) is 2. The zero-order chi connectivity index (χ0) is 13.8. The van der Waals surface area contributed by atoms with Crippen molar-refractivity contribution in [3.63, 3.8) is 0 Å². The number of amides is 2. The first kappa shape index (κ1) is 13.8. The fourth-order valence-electron chi connectivity index (χ4n) is 1.79. The Morgan fingerprint density at radius 1 is 1.68 bits per heavy atom. The molecule has 0 aliphatic carbocycles. The van der Waals surface area contributed by atoms with Gasteiger partial charge in [0, 0.05) is 17.6 Å². The van der Waals surface area contributed by atoms with Gasteiger partial charge in [-0.2, -0.15) is 0 Å². The molecule has 19 heavy (non-hydrogen) atoms. The predicted octanol–water partition coefficient (Wildman–Crippen LogP) is 0.447. The van der Waals surface area contributed by atoms with Gasteiger partial charge < -0.3 is 20.1 Å². The summed E-state index contributed by atoms with van der Waals surface area (Å²) in [6.45, 7) is 2.90. The number of rotatable bonds is 3. The third-order valence-electron chi connectivity index (χ3n) is 2.73. The van der Waals surface area contributed by atoms with E-state index in [4.69, 9.17) is 9.84 Å². The summed E-state index contributed by atoms with van der Waals surface area (Å²) in [4.78, 5) is 29.5. The molecule has 7 nitrogen and oxygen atoms in total. The van der Waals surface area contributed by atoms with Crippen LogP contribution in [0.5, 0.6) is 0 Å². The quantitative estimate of drug-likeness (QED) is 0.841. The van der Waals surface area contributed by atoms with Crippen LogP contribution >= 0.6 is 11.3 Å². The Kier molecular flexibility index (Phi) is 4.33. The average molecular weight is 285 g/mol. The minimum absolute atomic E-state index is 0.0269. The van der Waals surface area contributed by atoms with Crippen LogP contribution in [0.15, 0.2) is 6.20 Å². The Hall–Kier alpha value is -1.67. The lowest BCUT2D eigenvalue weighted by Crippen LogP contribution is -2.55. The van der Waals surface area contributed by atoms with Gasteiger partial charge in [0.25, 0.3) is 0 Å². The van der Waals surface area contributed by atoms with Gasteiger partial charge in [-0.1, -0.05) is 0 Å². The molecule has 1 aliphatic heterocycles. The highest BCUT2D eigenvalue weighted by molar-refractivity contribution is 7.11. The van der Waals surface area contributed by atoms with Gasteiger partial charge in [-0.15, -0.1) is 11.3 Å². The van der Waals surface area contributed by atoms with Crippen molar-refractivity contribution in [3.8, 4) is 0 Å². The highest BCUT2D eigenvalue weighted by Crippen LogP contribution is 2.12. The lowest BCUT2D eigenvalue weighted by molar-refractivity contribution is -0.147. The van der Waals surface area contributed by atoms with Crippen molar-refractivity contribution in [3.05, 3.63) is 16.1 Å². The summed E-state index contributed by atoms with van der Waals surface area (Å²) in [7, 11) is 0. The Morgan fingerprint density at radius 3 is 3.11 bits per heavy atom. The number of urea groups is 1. The number of morpholine rings is 1. The normalized spacial score (nSPS) is 19.2. The van der Waals surface area contributed by atoms with Crippen LogP contribution < -0.4 is 5.32 Å². The predicted molar refractivity (Wildman–Crippen MR) is 68.0 cm³/mol. The van der Waals surface area contributed by atoms with Crippen LogP contribution in [0, 0.1) is 6.92 Å². The van der Waals surface area contributed by atoms with E-state index in [0.717, 1.165) is 9.88 Å². The number of carboxylic acids is 1. The standard InChI is InChI=1S/C11H15N3O4S/c1-7-4-12-9(19-7)5-13-11(17)14-2-3-18-6-8(14)10(15)16/h4,8H,2-3,5-6H2,1H3,(H,13,17)(H,15,16). The van der Waals surface area contributed by atoms with Gasteiger partial charge in [-0.3, -0.25) is 0 Å². The third kappa shape index (κ3) is 3.42. The minimum Gasteiger partial charge on any atom is -0.480 e. The average Bonchev–Trinajstić information content (AvgIpc) is 2.81. The lowest BCUT2D eigenvalue weighted by Gasteiger charge is -2.32. The summed E-state index contributed by atoms with van der Waals surface area (Å²) in [5.41, 5.74) is 0. The molecule has 2 heterocycles. The molecule has 1 aromatic heterocycles. The van der Waals surface area contributed by atoms with Crippen molar-refractivity contribution >= 4 is 23.3 Å². The highest BCUT2D eigenvalue weighted by Gasteiger charge is 2.32. The van der Waals surface area contributed by atoms with Crippen LogP contribution in [0.1, 0.15) is 9.88 Å². The number of hydrogen-bond acceptors (Lipinski definition) is 5. The van der Waals surface area contributed by atoms with Crippen molar-refractivity contribution < 1.29 is 19.4 Å². The largest absolute Gasteiger partial charge is 0.480 e. The maximum atomic E-state index is 12.0. The second kappa shape index (κ2) is 5.98. The van der Waals surface area contributed by atoms with Gasteiger partial charge in [0.1, 0.15) is 5.01 Å². The van der Waals surface area contributed by atoms with Gasteiger partial charge in [-0.05, 0) is 6.92 Å². The number of aromatic nitrogens is 1. The first-order valence-corrected chi connectivity index (χ1v) is 6.66. The molecule has 1 saturated heterocycles. The maximum Gasteiger partial charge on any atom is 0.328 e. The van der Waals surface area contributed by atoms with Crippen LogP contribution in [0.3, 0.4) is 0 Å². The van der Waals surface area contributed by atoms with Gasteiger partial charge >= 0.3 is 12.0 Å². The molecule has 2 rings (SSSR count). The van der Waals surface area contributed by atoms with Crippen molar-refractivity contribution in [1.82, 2.24) is 15.2 Å².